The highest BCUT2D eigenvalue weighted by Crippen LogP contribution is 2.43. The smallest absolute Gasteiger partial charge is 0.407 e. The molecular weight excluding hydrogens is 1290 g/mol. The van der Waals surface area contributed by atoms with Gasteiger partial charge in [-0.3, -0.25) is 29.0 Å². The maximum atomic E-state index is 13.9. The molecule has 3 atom stereocenters. The van der Waals surface area contributed by atoms with E-state index >= 15 is 0 Å². The molecule has 1 aromatic heterocycles. The van der Waals surface area contributed by atoms with Gasteiger partial charge in [-0.15, -0.1) is 0 Å². The van der Waals surface area contributed by atoms with Crippen LogP contribution in [0.25, 0.3) is 22.2 Å². The average Bonchev–Trinajstić information content (AvgIpc) is 0.774. The number of benzene rings is 5. The number of azo groups is 1. The van der Waals surface area contributed by atoms with Crippen LogP contribution in [0.4, 0.5) is 32.5 Å². The Kier molecular flexibility index (Phi) is 30.5. The Hall–Kier alpha value is -10.2. The van der Waals surface area contributed by atoms with Crippen LogP contribution in [0, 0.1) is 5.92 Å². The van der Waals surface area contributed by atoms with Crippen LogP contribution < -0.4 is 54.0 Å². The summed E-state index contributed by atoms with van der Waals surface area (Å²) in [5, 5.41) is 26.6. The summed E-state index contributed by atoms with van der Waals surface area (Å²) in [6.45, 7) is 11.4. The van der Waals surface area contributed by atoms with Gasteiger partial charge in [0, 0.05) is 79.8 Å². The van der Waals surface area contributed by atoms with Crippen LogP contribution in [0.3, 0.4) is 0 Å². The summed E-state index contributed by atoms with van der Waals surface area (Å²) in [7, 11) is 0. The van der Waals surface area contributed by atoms with E-state index in [1.54, 1.807) is 43.0 Å². The molecule has 3 heterocycles. The predicted octanol–water partition coefficient (Wildman–Crippen LogP) is 9.07. The van der Waals surface area contributed by atoms with Gasteiger partial charge in [-0.25, -0.2) is 14.6 Å². The molecule has 0 aliphatic carbocycles. The van der Waals surface area contributed by atoms with Crippen molar-refractivity contribution in [2.45, 2.75) is 130 Å². The van der Waals surface area contributed by atoms with Gasteiger partial charge in [0.25, 0.3) is 0 Å². The molecule has 26 nitrogen and oxygen atoms in total. The lowest BCUT2D eigenvalue weighted by Gasteiger charge is -2.31. The number of amides is 8. The molecule has 0 fully saturated rings. The Balaban J connectivity index is 0.670. The first-order valence-electron chi connectivity index (χ1n) is 34.7. The van der Waals surface area contributed by atoms with E-state index in [1.807, 2.05) is 91.0 Å². The number of pyridine rings is 1. The van der Waals surface area contributed by atoms with Gasteiger partial charge < -0.3 is 77.7 Å². The van der Waals surface area contributed by atoms with Crippen LogP contribution in [0.2, 0.25) is 0 Å². The molecule has 6 aromatic rings. The summed E-state index contributed by atoms with van der Waals surface area (Å²) < 4.78 is 27.9. The van der Waals surface area contributed by atoms with Crippen LogP contribution in [-0.4, -0.2) is 143 Å². The highest BCUT2D eigenvalue weighted by Gasteiger charge is 2.32. The molecule has 101 heavy (non-hydrogen) atoms. The number of nitrogens with two attached hydrogens (primary N) is 3. The van der Waals surface area contributed by atoms with Crippen molar-refractivity contribution in [1.82, 2.24) is 31.6 Å². The van der Waals surface area contributed by atoms with E-state index in [-0.39, 0.29) is 108 Å². The number of carbonyl (C=O) groups excluding carboxylic acids is 7. The van der Waals surface area contributed by atoms with E-state index in [4.69, 9.17) is 51.0 Å². The van der Waals surface area contributed by atoms with E-state index in [0.29, 0.717) is 69.3 Å². The summed E-state index contributed by atoms with van der Waals surface area (Å²) in [4.78, 5) is 103. The normalized spacial score (nSPS) is 14.0. The topological polar surface area (TPSA) is 369 Å². The number of hydrogen-bond acceptors (Lipinski definition) is 18. The molecule has 8 amide bonds. The number of ether oxygens (including phenoxy) is 5. The molecule has 26 heteroatoms. The number of aromatic nitrogens is 1. The zero-order valence-corrected chi connectivity index (χ0v) is 58.2. The molecule has 5 aromatic carbocycles. The first-order valence-corrected chi connectivity index (χ1v) is 34.7. The number of carbonyl (C=O) groups is 7. The summed E-state index contributed by atoms with van der Waals surface area (Å²) >= 11 is 0. The second kappa shape index (κ2) is 40.2. The van der Waals surface area contributed by atoms with Gasteiger partial charge in [-0.05, 0) is 95.7 Å². The molecule has 2 aliphatic heterocycles. The van der Waals surface area contributed by atoms with Crippen LogP contribution in [-0.2, 0) is 73.8 Å². The zero-order chi connectivity index (χ0) is 71.9. The second-order valence-electron chi connectivity index (χ2n) is 24.9. The van der Waals surface area contributed by atoms with E-state index in [0.717, 1.165) is 92.6 Å². The highest BCUT2D eigenvalue weighted by atomic mass is 16.6. The van der Waals surface area contributed by atoms with Gasteiger partial charge in [0.05, 0.1) is 88.0 Å². The molecule has 0 spiro atoms. The number of fused-ring (bicyclic) bond motifs is 5. The standard InChI is InChI=1S/C75H96N14O12/c1-5-7-33-79-62(67-57-17-10-12-19-60(57)84-71(77)68(67)76)44-50-22-24-51(25-23-50)46-82-75(96)101-48-52-26-28-55(29-27-52)83-72(93)61(20-14-34-81-74(78)95)85-73(94)69(49(3)4)86-65(91)32-36-97-38-40-99-42-43-100-41-39-98-37-35-80-64(90)30-31-66(92)89-47-53-15-8-9-16-56(53)59-45-54(6-2)87-88-70(59)58-18-11-13-21-63(58)89/h8-13,15-19,21-29,49,54,61,69H,5-7,14,20,30-48,76H2,1-4H3,(H2,77,84)(H,80,90)(H,82,96)(H,83,93)(H,85,94)(H,86,91)(H3,78,81,95)/t54?,61-,69-/m0/s1. The first-order chi connectivity index (χ1) is 49.0. The molecule has 0 saturated heterocycles. The molecule has 0 radical (unpaired) electrons. The van der Waals surface area contributed by atoms with Crippen molar-refractivity contribution in [2.24, 2.45) is 26.9 Å². The number of unbranched alkanes of at least 4 members (excludes halogenated alkanes) is 1. The number of para-hydroxylation sites is 2. The third-order valence-electron chi connectivity index (χ3n) is 17.0. The first kappa shape index (κ1) is 76.6. The number of primary amides is 1. The largest absolute Gasteiger partial charge is 0.445 e. The van der Waals surface area contributed by atoms with E-state index in [1.165, 1.54) is 0 Å². The Labute approximate surface area is 589 Å². The number of rotatable bonds is 39. The van der Waals surface area contributed by atoms with Crippen molar-refractivity contribution in [3.63, 3.8) is 0 Å². The van der Waals surface area contributed by atoms with Crippen molar-refractivity contribution in [3.8, 4) is 0 Å². The lowest BCUT2D eigenvalue weighted by Crippen LogP contribution is -2.54. The van der Waals surface area contributed by atoms with Gasteiger partial charge >= 0.3 is 12.1 Å². The monoisotopic (exact) mass is 1380 g/mol. The zero-order valence-electron chi connectivity index (χ0n) is 58.2. The van der Waals surface area contributed by atoms with Gasteiger partial charge in [0.2, 0.25) is 29.5 Å². The number of anilines is 4. The Morgan fingerprint density at radius 3 is 2.04 bits per heavy atom. The highest BCUT2D eigenvalue weighted by molar-refractivity contribution is 6.16. The van der Waals surface area contributed by atoms with Crippen molar-refractivity contribution >= 4 is 92.4 Å². The molecule has 1 unspecified atom stereocenters. The Bertz CT molecular complexity index is 3860. The molecule has 2 aliphatic rings. The summed E-state index contributed by atoms with van der Waals surface area (Å²) in [6, 6.07) is 35.4. The molecule has 0 bridgehead atoms. The third-order valence-corrected chi connectivity index (χ3v) is 17.0. The maximum absolute atomic E-state index is 13.9. The van der Waals surface area contributed by atoms with Crippen molar-refractivity contribution in [3.05, 3.63) is 160 Å². The van der Waals surface area contributed by atoms with Crippen molar-refractivity contribution in [1.29, 1.82) is 0 Å². The van der Waals surface area contributed by atoms with Crippen LogP contribution in [0.5, 0.6) is 0 Å². The van der Waals surface area contributed by atoms with Crippen LogP contribution >= 0.6 is 0 Å². The number of nitrogens with zero attached hydrogens (tertiary/aromatic N) is 5. The molecule has 8 rings (SSSR count). The van der Waals surface area contributed by atoms with Gasteiger partial charge in [-0.2, -0.15) is 10.2 Å². The fourth-order valence-corrected chi connectivity index (χ4v) is 11.5. The number of nitrogens with one attached hydrogen (secondary N) is 6. The minimum absolute atomic E-state index is 0.0221. The fourth-order valence-electron chi connectivity index (χ4n) is 11.5. The van der Waals surface area contributed by atoms with E-state index in [9.17, 15) is 33.6 Å². The number of hydrogen-bond donors (Lipinski definition) is 9. The average molecular weight is 1390 g/mol. The molecule has 538 valence electrons. The van der Waals surface area contributed by atoms with Crippen molar-refractivity contribution < 1.29 is 57.2 Å². The van der Waals surface area contributed by atoms with Crippen molar-refractivity contribution in [2.75, 3.05) is 94.2 Å². The summed E-state index contributed by atoms with van der Waals surface area (Å²) in [5.74, 6) is -2.06. The lowest BCUT2D eigenvalue weighted by atomic mass is 9.87. The van der Waals surface area contributed by atoms with Gasteiger partial charge in [-0.1, -0.05) is 131 Å². The molecule has 12 N–H and O–H groups in total. The van der Waals surface area contributed by atoms with Gasteiger partial charge in [0.15, 0.2) is 0 Å². The Morgan fingerprint density at radius 1 is 0.663 bits per heavy atom. The minimum Gasteiger partial charge on any atom is -0.445 e. The number of nitrogen functional groups attached to an aromatic ring is 2. The number of urea groups is 1. The quantitative estimate of drug-likeness (QED) is 0.0128. The molecule has 0 saturated carbocycles. The van der Waals surface area contributed by atoms with Crippen LogP contribution in [0.1, 0.15) is 124 Å². The van der Waals surface area contributed by atoms with Gasteiger partial charge in [0.1, 0.15) is 24.5 Å². The molecular formula is C75H96N14O12. The predicted molar refractivity (Wildman–Crippen MR) is 389 cm³/mol. The van der Waals surface area contributed by atoms with E-state index in [2.05, 4.69) is 61.9 Å². The summed E-state index contributed by atoms with van der Waals surface area (Å²) in [6.07, 6.45) is 3.89. The fraction of sp³-hybridized carbons (Fsp3) is 0.427. The SMILES string of the molecule is CCCCN=C(Cc1ccc(CNC(=O)OCc2ccc(NC(=O)[C@H](CCCNC(N)=O)NC(=O)[C@@H](NC(=O)CCOCCOCCOCCOCCNC(=O)CCC(=O)N3Cc4ccccc4C4=C(N=NC(CC)C4)c4ccccc43)C(C)C)cc2)cc1)c1c(N)c(N)nc2ccccc12. The third kappa shape index (κ3) is 23.8. The maximum Gasteiger partial charge on any atom is 0.407 e. The minimum atomic E-state index is -1.06. The second-order valence-corrected chi connectivity index (χ2v) is 24.9. The lowest BCUT2D eigenvalue weighted by molar-refractivity contribution is -0.132. The number of aliphatic imine (C=N–C) groups is 1. The number of alkyl carbamates (subject to hydrolysis) is 1. The van der Waals surface area contributed by atoms with E-state index < -0.39 is 41.9 Å². The summed E-state index contributed by atoms with van der Waals surface area (Å²) in [5.41, 5.74) is 29.3. The van der Waals surface area contributed by atoms with Crippen LogP contribution in [0.15, 0.2) is 137 Å². The Morgan fingerprint density at radius 2 is 1.33 bits per heavy atom.